The first kappa shape index (κ1) is 36.8. The number of aromatic nitrogens is 8. The van der Waals surface area contributed by atoms with Crippen LogP contribution in [-0.4, -0.2) is 28.2 Å². The molecule has 8 nitrogen and oxygen atoms in total. The van der Waals surface area contributed by atoms with Gasteiger partial charge in [0.25, 0.3) is 0 Å². The van der Waals surface area contributed by atoms with Gasteiger partial charge in [-0.3, -0.25) is 0 Å². The van der Waals surface area contributed by atoms with E-state index < -0.39 is 0 Å². The average molecular weight is 961 g/mol. The van der Waals surface area contributed by atoms with Gasteiger partial charge >= 0.3 is 0 Å². The van der Waals surface area contributed by atoms with Crippen LogP contribution in [0.25, 0.3) is 0 Å². The normalized spacial score (nSPS) is 24.3. The maximum absolute atomic E-state index is 4.35. The summed E-state index contributed by atoms with van der Waals surface area (Å²) < 4.78 is 13.7. The third-order valence-corrected chi connectivity index (χ3v) is 12.7. The lowest BCUT2D eigenvalue weighted by Gasteiger charge is -2.51. The van der Waals surface area contributed by atoms with Crippen LogP contribution in [-0.2, 0) is 14.1 Å². The zero-order valence-corrected chi connectivity index (χ0v) is 35.4. The highest BCUT2D eigenvalue weighted by Crippen LogP contribution is 2.63. The molecule has 6 aliphatic rings. The summed E-state index contributed by atoms with van der Waals surface area (Å²) in [4.78, 5) is 8.69. The van der Waals surface area contributed by atoms with Crippen LogP contribution in [0.15, 0.2) is 172 Å². The Morgan fingerprint density at radius 1 is 0.393 bits per heavy atom. The van der Waals surface area contributed by atoms with Crippen molar-refractivity contribution in [3.05, 3.63) is 216 Å². The molecule has 8 aromatic rings. The number of rotatable bonds is 4. The molecule has 14 rings (SSSR count). The fourth-order valence-electron chi connectivity index (χ4n) is 10.8. The number of nitrogens with zero attached hydrogens (tertiary/aromatic N) is 8. The summed E-state index contributed by atoms with van der Waals surface area (Å²) >= 11 is 0. The van der Waals surface area contributed by atoms with E-state index in [-0.39, 0.29) is 60.0 Å². The van der Waals surface area contributed by atoms with Crippen molar-refractivity contribution in [1.29, 1.82) is 0 Å². The van der Waals surface area contributed by atoms with Crippen molar-refractivity contribution < 1.29 is 57.1 Å². The molecule has 0 saturated heterocycles. The highest BCUT2D eigenvalue weighted by molar-refractivity contribution is 5.59. The summed E-state index contributed by atoms with van der Waals surface area (Å²) in [6, 6.07) is 37.2. The van der Waals surface area contributed by atoms with Gasteiger partial charge in [0.15, 0.2) is 12.1 Å². The summed E-state index contributed by atoms with van der Waals surface area (Å²) in [5.41, 5.74) is 11.7. The van der Waals surface area contributed by atoms with Gasteiger partial charge < -0.3 is 57.1 Å². The molecule has 4 aromatic carbocycles. The molecule has 4 unspecified atom stereocenters. The van der Waals surface area contributed by atoms with Crippen LogP contribution in [0, 0.1) is 0 Å². The van der Waals surface area contributed by atoms with Crippen LogP contribution in [0.3, 0.4) is 0 Å². The van der Waals surface area contributed by atoms with Crippen molar-refractivity contribution >= 4 is 0 Å². The lowest BCUT2D eigenvalue weighted by molar-refractivity contribution is -0.671. The Bertz CT molecular complexity index is 2350. The van der Waals surface area contributed by atoms with Crippen molar-refractivity contribution in [3.8, 4) is 0 Å². The molecule has 56 heavy (non-hydrogen) atoms. The molecule has 0 N–H and O–H groups in total. The first-order valence-corrected chi connectivity index (χ1v) is 19.0. The van der Waals surface area contributed by atoms with Crippen molar-refractivity contribution in [2.75, 3.05) is 0 Å². The molecule has 0 amide bonds. The van der Waals surface area contributed by atoms with Gasteiger partial charge in [0, 0.05) is 36.6 Å². The summed E-state index contributed by atoms with van der Waals surface area (Å²) in [5.74, 6) is 1.33. The van der Waals surface area contributed by atoms with E-state index >= 15 is 0 Å². The lowest BCUT2D eigenvalue weighted by atomic mass is 9.59. The smallest absolute Gasteiger partial charge is 0.243 e. The topological polar surface area (TPSA) is 53.3 Å². The van der Waals surface area contributed by atoms with Crippen molar-refractivity contribution in [3.63, 3.8) is 0 Å². The largest absolute Gasteiger partial charge is 1.00 e. The minimum Gasteiger partial charge on any atom is -1.00 e. The van der Waals surface area contributed by atoms with Gasteiger partial charge in [-0.05, 0) is 44.5 Å². The number of benzene rings is 4. The minimum absolute atomic E-state index is 0. The second kappa shape index (κ2) is 14.6. The molecule has 4 bridgehead atoms. The van der Waals surface area contributed by atoms with Crippen molar-refractivity contribution in [1.82, 2.24) is 28.2 Å². The van der Waals surface area contributed by atoms with E-state index in [1.807, 2.05) is 25.0 Å². The van der Waals surface area contributed by atoms with E-state index in [1.54, 1.807) is 0 Å². The van der Waals surface area contributed by atoms with Crippen LogP contribution < -0.4 is 57.1 Å². The zero-order chi connectivity index (χ0) is 35.9. The Morgan fingerprint density at radius 2 is 0.661 bits per heavy atom. The maximum atomic E-state index is 4.35. The highest BCUT2D eigenvalue weighted by atomic mass is 127. The number of halogens is 2. The van der Waals surface area contributed by atoms with Gasteiger partial charge in [-0.15, -0.1) is 0 Å². The molecule has 4 atom stereocenters. The van der Waals surface area contributed by atoms with Crippen molar-refractivity contribution in [2.24, 2.45) is 14.1 Å². The van der Waals surface area contributed by atoms with Gasteiger partial charge in [-0.25, -0.2) is 28.2 Å². The Balaban J connectivity index is 0.000000142. The Labute approximate surface area is 361 Å². The molecule has 4 heterocycles. The summed E-state index contributed by atoms with van der Waals surface area (Å²) in [6.45, 7) is 0. The zero-order valence-electron chi connectivity index (χ0n) is 31.1. The van der Waals surface area contributed by atoms with Crippen LogP contribution >= 0.6 is 0 Å². The minimum atomic E-state index is 0. The first-order chi connectivity index (χ1) is 26.7. The van der Waals surface area contributed by atoms with E-state index in [1.165, 1.54) is 44.5 Å². The fourth-order valence-corrected chi connectivity index (χ4v) is 10.8. The quantitative estimate of drug-likeness (QED) is 0.197. The fraction of sp³-hybridized carbons (Fsp3) is 0.217. The maximum Gasteiger partial charge on any atom is 0.243 e. The standard InChI is InChI=1S/C24H24N4.C22H18N4.2HI/c1-25-11-13-27(15-25)23-21-17-7-3-5-9-19(17)22(20-10-6-4-8-18(20)21)24(23)28-14-12-26(2)16-28;1-2-6-16-15(5-1)19-17-7-3-4-8-18(17)20(16)22(26-12-10-24-14-26)21(19)25-11-9-23-13-25;;/h3-16,21-24H,1-2H3;1-14,19-22H;2*1H/q+2;;;/p-2. The second-order valence-electron chi connectivity index (χ2n) is 15.5. The van der Waals surface area contributed by atoms with Crippen LogP contribution in [0.5, 0.6) is 0 Å². The summed E-state index contributed by atoms with van der Waals surface area (Å²) in [6.07, 6.45) is 25.1. The monoisotopic (exact) mass is 960 g/mol. The molecule has 280 valence electrons. The van der Waals surface area contributed by atoms with Gasteiger partial charge in [0.05, 0.1) is 50.7 Å². The third kappa shape index (κ3) is 5.57. The SMILES string of the molecule is C[n+]1ccn(C2C3c4ccccc4C(c4ccccc43)C2n2cc[n+](C)c2)c1.[I-].[I-].c1ccc2c(c1)C1c3ccccc3C2C(n2ccnc2)C1n1ccnc1. The molecule has 10 heteroatoms. The number of fused-ring (bicyclic) bond motifs is 2. The number of hydrogen-bond donors (Lipinski definition) is 0. The van der Waals surface area contributed by atoms with Gasteiger partial charge in [0.2, 0.25) is 12.7 Å². The first-order valence-electron chi connectivity index (χ1n) is 19.0. The molecule has 6 aliphatic carbocycles. The van der Waals surface area contributed by atoms with E-state index in [9.17, 15) is 0 Å². The van der Waals surface area contributed by atoms with Gasteiger partial charge in [0.1, 0.15) is 24.8 Å². The average Bonchev–Trinajstić information content (AvgIpc) is 4.07. The summed E-state index contributed by atoms with van der Waals surface area (Å²) in [5, 5.41) is 0. The van der Waals surface area contributed by atoms with Crippen LogP contribution in [0.1, 0.15) is 92.3 Å². The van der Waals surface area contributed by atoms with E-state index in [0.29, 0.717) is 35.8 Å². The molecule has 0 fully saturated rings. The Hall–Kier alpha value is -4.82. The molecular formula is C46H42I2N8. The van der Waals surface area contributed by atoms with Crippen LogP contribution in [0.4, 0.5) is 0 Å². The van der Waals surface area contributed by atoms with Gasteiger partial charge in [-0.1, -0.05) is 97.1 Å². The lowest BCUT2D eigenvalue weighted by Crippen LogP contribution is -3.00. The molecule has 0 saturated carbocycles. The summed E-state index contributed by atoms with van der Waals surface area (Å²) in [7, 11) is 4.20. The van der Waals surface area contributed by atoms with E-state index in [2.05, 4.69) is 198 Å². The number of aryl methyl sites for hydroxylation is 2. The predicted molar refractivity (Wildman–Crippen MR) is 205 cm³/mol. The Morgan fingerprint density at radius 3 is 0.875 bits per heavy atom. The van der Waals surface area contributed by atoms with Crippen LogP contribution in [0.2, 0.25) is 0 Å². The van der Waals surface area contributed by atoms with Gasteiger partial charge in [-0.2, -0.15) is 0 Å². The highest BCUT2D eigenvalue weighted by Gasteiger charge is 2.56. The number of imidazole rings is 4. The van der Waals surface area contributed by atoms with E-state index in [4.69, 9.17) is 0 Å². The molecule has 0 aliphatic heterocycles. The second-order valence-corrected chi connectivity index (χ2v) is 15.5. The van der Waals surface area contributed by atoms with Crippen molar-refractivity contribution in [2.45, 2.75) is 47.8 Å². The molecule has 0 spiro atoms. The Kier molecular flexibility index (Phi) is 9.59. The molecule has 4 aromatic heterocycles. The molecule has 0 radical (unpaired) electrons. The molecular weight excluding hydrogens is 918 g/mol. The number of hydrogen-bond acceptors (Lipinski definition) is 2. The predicted octanol–water partition coefficient (Wildman–Crippen LogP) is 1.17. The van der Waals surface area contributed by atoms with E-state index in [0.717, 1.165) is 0 Å². The third-order valence-electron chi connectivity index (χ3n) is 12.7.